The summed E-state index contributed by atoms with van der Waals surface area (Å²) < 4.78 is 0. The minimum atomic E-state index is 0.0561. The van der Waals surface area contributed by atoms with Gasteiger partial charge in [-0.25, -0.2) is 0 Å². The van der Waals surface area contributed by atoms with Crippen molar-refractivity contribution in [1.29, 1.82) is 0 Å². The fraction of sp³-hybridized carbons (Fsp3) is 0.222. The van der Waals surface area contributed by atoms with Crippen LogP contribution in [0.1, 0.15) is 12.5 Å². The fourth-order valence-electron chi connectivity index (χ4n) is 1.02. The maximum absolute atomic E-state index is 11.0. The second-order valence-electron chi connectivity index (χ2n) is 2.92. The highest BCUT2D eigenvalue weighted by Crippen LogP contribution is 2.13. The number of carbonyl (C=O) groups is 1. The smallest absolute Gasteiger partial charge is 0.227 e. The van der Waals surface area contributed by atoms with E-state index < -0.39 is 0 Å². The second kappa shape index (κ2) is 3.43. The SMILES string of the molecule is BN(C(C)=O)c1cccc(C)c1. The molecule has 0 saturated carbocycles. The second-order valence-corrected chi connectivity index (χ2v) is 2.92. The number of hydrogen-bond acceptors (Lipinski definition) is 1. The molecule has 0 fully saturated rings. The predicted octanol–water partition coefficient (Wildman–Crippen LogP) is 0.896. The van der Waals surface area contributed by atoms with Crippen molar-refractivity contribution in [2.75, 3.05) is 4.81 Å². The van der Waals surface area contributed by atoms with Gasteiger partial charge in [-0.1, -0.05) is 12.1 Å². The average molecular weight is 161 g/mol. The van der Waals surface area contributed by atoms with Crippen molar-refractivity contribution in [3.8, 4) is 0 Å². The Kier molecular flexibility index (Phi) is 2.53. The molecule has 0 aliphatic carbocycles. The predicted molar refractivity (Wildman–Crippen MR) is 52.9 cm³/mol. The van der Waals surface area contributed by atoms with Gasteiger partial charge in [-0.15, -0.1) is 0 Å². The van der Waals surface area contributed by atoms with Gasteiger partial charge in [0.05, 0.1) is 0 Å². The summed E-state index contributed by atoms with van der Waals surface area (Å²) in [6, 6.07) is 7.87. The van der Waals surface area contributed by atoms with E-state index in [0.29, 0.717) is 0 Å². The number of anilines is 1. The Labute approximate surface area is 73.6 Å². The van der Waals surface area contributed by atoms with Gasteiger partial charge in [-0.2, -0.15) is 0 Å². The van der Waals surface area contributed by atoms with E-state index in [1.807, 2.05) is 31.2 Å². The molecule has 0 spiro atoms. The lowest BCUT2D eigenvalue weighted by molar-refractivity contribution is -0.115. The maximum Gasteiger partial charge on any atom is 0.227 e. The first-order valence-electron chi connectivity index (χ1n) is 3.92. The van der Waals surface area contributed by atoms with Crippen LogP contribution in [0.3, 0.4) is 0 Å². The summed E-state index contributed by atoms with van der Waals surface area (Å²) in [5.74, 6) is 0.0561. The van der Waals surface area contributed by atoms with Crippen LogP contribution in [0.25, 0.3) is 0 Å². The molecule has 0 aliphatic rings. The number of rotatable bonds is 1. The summed E-state index contributed by atoms with van der Waals surface area (Å²) in [6.07, 6.45) is 0. The van der Waals surface area contributed by atoms with E-state index in [-0.39, 0.29) is 5.91 Å². The summed E-state index contributed by atoms with van der Waals surface area (Å²) >= 11 is 0. The lowest BCUT2D eigenvalue weighted by atomic mass is 10.1. The normalized spacial score (nSPS) is 9.50. The van der Waals surface area contributed by atoms with E-state index >= 15 is 0 Å². The van der Waals surface area contributed by atoms with Crippen LogP contribution in [0.2, 0.25) is 0 Å². The van der Waals surface area contributed by atoms with Crippen molar-refractivity contribution in [2.45, 2.75) is 13.8 Å². The molecule has 12 heavy (non-hydrogen) atoms. The van der Waals surface area contributed by atoms with E-state index in [2.05, 4.69) is 0 Å². The molecule has 0 heterocycles. The number of hydrogen-bond donors (Lipinski definition) is 0. The van der Waals surface area contributed by atoms with Crippen LogP contribution in [0.4, 0.5) is 5.69 Å². The molecule has 0 atom stereocenters. The van der Waals surface area contributed by atoms with Crippen LogP contribution in [0.5, 0.6) is 0 Å². The largest absolute Gasteiger partial charge is 0.365 e. The Bertz CT molecular complexity index is 298. The topological polar surface area (TPSA) is 20.3 Å². The molecular formula is C9H12BNO. The molecule has 0 saturated heterocycles. The number of amides is 1. The van der Waals surface area contributed by atoms with Gasteiger partial charge >= 0.3 is 0 Å². The summed E-state index contributed by atoms with van der Waals surface area (Å²) in [5.41, 5.74) is 2.11. The van der Waals surface area contributed by atoms with Crippen LogP contribution in [-0.2, 0) is 4.79 Å². The standard InChI is InChI=1S/C9H12BNO/c1-7-4-3-5-9(6-7)11(10)8(2)12/h3-6H,10H2,1-2H3. The number of benzene rings is 1. The summed E-state index contributed by atoms with van der Waals surface area (Å²) in [7, 11) is 1.77. The molecule has 62 valence electrons. The minimum Gasteiger partial charge on any atom is -0.365 e. The van der Waals surface area contributed by atoms with Gasteiger partial charge in [-0.3, -0.25) is 4.79 Å². The Balaban J connectivity index is 2.95. The molecule has 2 nitrogen and oxygen atoms in total. The quantitative estimate of drug-likeness (QED) is 0.560. The molecule has 0 aliphatic heterocycles. The molecule has 0 radical (unpaired) electrons. The van der Waals surface area contributed by atoms with Gasteiger partial charge in [0.1, 0.15) is 0 Å². The van der Waals surface area contributed by atoms with Crippen LogP contribution in [0, 0.1) is 6.92 Å². The van der Waals surface area contributed by atoms with Crippen molar-refractivity contribution in [3.63, 3.8) is 0 Å². The number of carbonyl (C=O) groups excluding carboxylic acids is 1. The van der Waals surface area contributed by atoms with Crippen molar-refractivity contribution >= 4 is 19.6 Å². The van der Waals surface area contributed by atoms with Gasteiger partial charge in [0.25, 0.3) is 0 Å². The lowest BCUT2D eigenvalue weighted by Crippen LogP contribution is -2.24. The monoisotopic (exact) mass is 161 g/mol. The Hall–Kier alpha value is -1.25. The van der Waals surface area contributed by atoms with Gasteiger partial charge in [0, 0.05) is 12.6 Å². The van der Waals surface area contributed by atoms with Gasteiger partial charge in [0.15, 0.2) is 0 Å². The van der Waals surface area contributed by atoms with Crippen LogP contribution in [-0.4, -0.2) is 13.9 Å². The third-order valence-corrected chi connectivity index (χ3v) is 1.86. The zero-order valence-electron chi connectivity index (χ0n) is 7.66. The number of aryl methyl sites for hydroxylation is 1. The van der Waals surface area contributed by atoms with E-state index in [1.54, 1.807) is 19.7 Å². The zero-order chi connectivity index (χ0) is 9.14. The van der Waals surface area contributed by atoms with Gasteiger partial charge < -0.3 is 4.81 Å². The zero-order valence-corrected chi connectivity index (χ0v) is 7.66. The molecule has 3 heteroatoms. The first-order chi connectivity index (χ1) is 5.61. The van der Waals surface area contributed by atoms with Crippen LogP contribution < -0.4 is 4.81 Å². The Morgan fingerprint density at radius 2 is 2.17 bits per heavy atom. The highest BCUT2D eigenvalue weighted by atomic mass is 16.2. The van der Waals surface area contributed by atoms with E-state index in [9.17, 15) is 4.79 Å². The fourth-order valence-corrected chi connectivity index (χ4v) is 1.02. The summed E-state index contributed by atoms with van der Waals surface area (Å²) in [4.78, 5) is 12.6. The molecule has 1 amide bonds. The van der Waals surface area contributed by atoms with Crippen molar-refractivity contribution in [1.82, 2.24) is 0 Å². The third kappa shape index (κ3) is 1.88. The molecule has 0 unspecified atom stereocenters. The average Bonchev–Trinajstić information content (AvgIpc) is 2.03. The molecule has 0 N–H and O–H groups in total. The highest BCUT2D eigenvalue weighted by molar-refractivity contribution is 6.30. The van der Waals surface area contributed by atoms with E-state index in [4.69, 9.17) is 0 Å². The van der Waals surface area contributed by atoms with E-state index in [1.165, 1.54) is 5.56 Å². The van der Waals surface area contributed by atoms with Crippen molar-refractivity contribution in [2.24, 2.45) is 0 Å². The number of nitrogens with zero attached hydrogens (tertiary/aromatic N) is 1. The van der Waals surface area contributed by atoms with Crippen molar-refractivity contribution in [3.05, 3.63) is 29.8 Å². The lowest BCUT2D eigenvalue weighted by Gasteiger charge is -2.15. The molecule has 1 aromatic carbocycles. The first-order valence-corrected chi connectivity index (χ1v) is 3.92. The summed E-state index contributed by atoms with van der Waals surface area (Å²) in [6.45, 7) is 3.57. The molecule has 1 rings (SSSR count). The van der Waals surface area contributed by atoms with Crippen LogP contribution in [0.15, 0.2) is 24.3 Å². The third-order valence-electron chi connectivity index (χ3n) is 1.86. The highest BCUT2D eigenvalue weighted by Gasteiger charge is 2.03. The Morgan fingerprint density at radius 1 is 1.50 bits per heavy atom. The van der Waals surface area contributed by atoms with Crippen LogP contribution >= 0.6 is 0 Å². The Morgan fingerprint density at radius 3 is 2.67 bits per heavy atom. The maximum atomic E-state index is 11.0. The molecule has 0 aromatic heterocycles. The summed E-state index contributed by atoms with van der Waals surface area (Å²) in [5, 5.41) is 0. The first kappa shape index (κ1) is 8.85. The minimum absolute atomic E-state index is 0.0561. The van der Waals surface area contributed by atoms with E-state index in [0.717, 1.165) is 5.69 Å². The molecular weight excluding hydrogens is 149 g/mol. The van der Waals surface area contributed by atoms with Gasteiger partial charge in [-0.05, 0) is 24.6 Å². The molecule has 0 bridgehead atoms. The van der Waals surface area contributed by atoms with Gasteiger partial charge in [0.2, 0.25) is 13.9 Å². The van der Waals surface area contributed by atoms with Crippen molar-refractivity contribution < 1.29 is 4.79 Å². The molecule has 1 aromatic rings.